The van der Waals surface area contributed by atoms with Gasteiger partial charge in [0.1, 0.15) is 5.70 Å². The smallest absolute Gasteiger partial charge is 0.272 e. The van der Waals surface area contributed by atoms with E-state index in [1.165, 1.54) is 11.8 Å². The van der Waals surface area contributed by atoms with E-state index in [1.807, 2.05) is 93.6 Å². The van der Waals surface area contributed by atoms with Gasteiger partial charge in [-0.05, 0) is 79.9 Å². The number of hydrogen-bond acceptors (Lipinski definition) is 4. The van der Waals surface area contributed by atoms with Crippen molar-refractivity contribution in [2.75, 3.05) is 10.6 Å². The SMILES string of the molecule is CCC(Sc1cccc(NC(=O)/C(=C/c2ccccc2C)NC(=O)c2ccccc2)c1)C(=O)Nc1ccc(C)cc1. The highest BCUT2D eigenvalue weighted by Gasteiger charge is 2.19. The van der Waals surface area contributed by atoms with E-state index in [2.05, 4.69) is 16.0 Å². The maximum atomic E-state index is 13.5. The second kappa shape index (κ2) is 14.1. The van der Waals surface area contributed by atoms with Gasteiger partial charge in [-0.15, -0.1) is 11.8 Å². The first-order valence-electron chi connectivity index (χ1n) is 13.4. The summed E-state index contributed by atoms with van der Waals surface area (Å²) in [7, 11) is 0. The molecule has 41 heavy (non-hydrogen) atoms. The molecule has 0 saturated heterocycles. The van der Waals surface area contributed by atoms with E-state index >= 15 is 0 Å². The van der Waals surface area contributed by atoms with Crippen molar-refractivity contribution in [1.29, 1.82) is 0 Å². The summed E-state index contributed by atoms with van der Waals surface area (Å²) in [5.41, 5.74) is 4.80. The zero-order valence-corrected chi connectivity index (χ0v) is 24.1. The molecular formula is C34H33N3O3S. The standard InChI is InChI=1S/C34H33N3O3S/c1-4-31(34(40)35-27-19-17-23(2)18-20-27)41-29-16-10-15-28(22-29)36-33(39)30(21-26-14-9-8-11-24(26)3)37-32(38)25-12-6-5-7-13-25/h5-22,31H,4H2,1-3H3,(H,35,40)(H,36,39)(H,37,38)/b30-21-. The summed E-state index contributed by atoms with van der Waals surface area (Å²) in [5, 5.41) is 8.36. The average Bonchev–Trinajstić information content (AvgIpc) is 2.98. The van der Waals surface area contributed by atoms with Gasteiger partial charge in [0.05, 0.1) is 5.25 Å². The van der Waals surface area contributed by atoms with Crippen LogP contribution in [-0.4, -0.2) is 23.0 Å². The first-order valence-corrected chi connectivity index (χ1v) is 14.3. The van der Waals surface area contributed by atoms with Crippen LogP contribution in [-0.2, 0) is 9.59 Å². The number of benzene rings is 4. The maximum Gasteiger partial charge on any atom is 0.272 e. The third-order valence-electron chi connectivity index (χ3n) is 6.37. The lowest BCUT2D eigenvalue weighted by atomic mass is 10.1. The molecule has 0 spiro atoms. The number of rotatable bonds is 10. The molecule has 0 bridgehead atoms. The summed E-state index contributed by atoms with van der Waals surface area (Å²) >= 11 is 1.43. The first-order chi connectivity index (χ1) is 19.8. The van der Waals surface area contributed by atoms with Crippen molar-refractivity contribution >= 4 is 46.9 Å². The second-order valence-electron chi connectivity index (χ2n) is 9.59. The number of aryl methyl sites for hydroxylation is 2. The van der Waals surface area contributed by atoms with Crippen molar-refractivity contribution in [3.05, 3.63) is 131 Å². The number of anilines is 2. The van der Waals surface area contributed by atoms with Gasteiger partial charge in [-0.1, -0.05) is 73.2 Å². The Morgan fingerprint density at radius 1 is 0.780 bits per heavy atom. The van der Waals surface area contributed by atoms with E-state index in [-0.39, 0.29) is 22.8 Å². The minimum atomic E-state index is -0.455. The van der Waals surface area contributed by atoms with Crippen molar-refractivity contribution in [2.45, 2.75) is 37.3 Å². The number of thioether (sulfide) groups is 1. The Morgan fingerprint density at radius 2 is 1.49 bits per heavy atom. The molecule has 0 radical (unpaired) electrons. The van der Waals surface area contributed by atoms with Crippen molar-refractivity contribution in [2.24, 2.45) is 0 Å². The summed E-state index contributed by atoms with van der Waals surface area (Å²) < 4.78 is 0. The highest BCUT2D eigenvalue weighted by atomic mass is 32.2. The summed E-state index contributed by atoms with van der Waals surface area (Å²) in [6.07, 6.45) is 2.31. The molecule has 3 amide bonds. The van der Waals surface area contributed by atoms with Gasteiger partial charge in [-0.3, -0.25) is 14.4 Å². The van der Waals surface area contributed by atoms with E-state index in [4.69, 9.17) is 0 Å². The highest BCUT2D eigenvalue weighted by Crippen LogP contribution is 2.29. The number of carbonyl (C=O) groups is 3. The topological polar surface area (TPSA) is 87.3 Å². The molecule has 1 atom stereocenters. The van der Waals surface area contributed by atoms with Gasteiger partial charge in [0.2, 0.25) is 5.91 Å². The Bertz CT molecular complexity index is 1550. The van der Waals surface area contributed by atoms with Crippen molar-refractivity contribution in [3.8, 4) is 0 Å². The highest BCUT2D eigenvalue weighted by molar-refractivity contribution is 8.00. The molecule has 0 heterocycles. The van der Waals surface area contributed by atoms with E-state index in [0.717, 1.165) is 27.3 Å². The summed E-state index contributed by atoms with van der Waals surface area (Å²) in [5.74, 6) is -0.915. The Labute approximate surface area is 245 Å². The van der Waals surface area contributed by atoms with Crippen molar-refractivity contribution in [1.82, 2.24) is 5.32 Å². The third kappa shape index (κ3) is 8.43. The van der Waals surface area contributed by atoms with Crippen LogP contribution < -0.4 is 16.0 Å². The predicted molar refractivity (Wildman–Crippen MR) is 168 cm³/mol. The predicted octanol–water partition coefficient (Wildman–Crippen LogP) is 7.22. The Kier molecular flexibility index (Phi) is 10.1. The van der Waals surface area contributed by atoms with E-state index in [9.17, 15) is 14.4 Å². The van der Waals surface area contributed by atoms with Crippen LogP contribution in [0.25, 0.3) is 6.08 Å². The molecule has 208 valence electrons. The summed E-state index contributed by atoms with van der Waals surface area (Å²) in [6.45, 7) is 5.91. The quantitative estimate of drug-likeness (QED) is 0.140. The molecule has 0 saturated carbocycles. The fourth-order valence-electron chi connectivity index (χ4n) is 4.04. The molecule has 1 unspecified atom stereocenters. The molecule has 4 aromatic rings. The van der Waals surface area contributed by atoms with Gasteiger partial charge in [-0.25, -0.2) is 0 Å². The van der Waals surface area contributed by atoms with Gasteiger partial charge in [0.15, 0.2) is 0 Å². The van der Waals surface area contributed by atoms with Crippen LogP contribution in [0.2, 0.25) is 0 Å². The zero-order chi connectivity index (χ0) is 29.2. The fourth-order valence-corrected chi connectivity index (χ4v) is 5.05. The molecule has 0 aromatic heterocycles. The Balaban J connectivity index is 1.50. The van der Waals surface area contributed by atoms with Crippen LogP contribution in [0.5, 0.6) is 0 Å². The molecule has 3 N–H and O–H groups in total. The maximum absolute atomic E-state index is 13.5. The number of hydrogen-bond donors (Lipinski definition) is 3. The van der Waals surface area contributed by atoms with Crippen LogP contribution in [0, 0.1) is 13.8 Å². The second-order valence-corrected chi connectivity index (χ2v) is 10.9. The van der Waals surface area contributed by atoms with Crippen molar-refractivity contribution in [3.63, 3.8) is 0 Å². The largest absolute Gasteiger partial charge is 0.325 e. The fraction of sp³-hybridized carbons (Fsp3) is 0.147. The van der Waals surface area contributed by atoms with Gasteiger partial charge in [0, 0.05) is 21.8 Å². The van der Waals surface area contributed by atoms with Crippen LogP contribution in [0.4, 0.5) is 11.4 Å². The van der Waals surface area contributed by atoms with E-state index in [0.29, 0.717) is 17.7 Å². The average molecular weight is 564 g/mol. The van der Waals surface area contributed by atoms with Crippen LogP contribution >= 0.6 is 11.8 Å². The van der Waals surface area contributed by atoms with Gasteiger partial charge >= 0.3 is 0 Å². The number of nitrogens with one attached hydrogen (secondary N) is 3. The zero-order valence-electron chi connectivity index (χ0n) is 23.3. The normalized spacial score (nSPS) is 11.8. The van der Waals surface area contributed by atoms with Crippen molar-refractivity contribution < 1.29 is 14.4 Å². The van der Waals surface area contributed by atoms with Gasteiger partial charge in [0.25, 0.3) is 11.8 Å². The molecule has 7 heteroatoms. The van der Waals surface area contributed by atoms with E-state index in [1.54, 1.807) is 36.4 Å². The first kappa shape index (κ1) is 29.4. The van der Waals surface area contributed by atoms with Gasteiger partial charge < -0.3 is 16.0 Å². The lowest BCUT2D eigenvalue weighted by Crippen LogP contribution is -2.30. The molecule has 4 aromatic carbocycles. The molecule has 0 fully saturated rings. The van der Waals surface area contributed by atoms with E-state index < -0.39 is 5.91 Å². The molecule has 0 aliphatic rings. The number of amides is 3. The molecule has 6 nitrogen and oxygen atoms in total. The lowest BCUT2D eigenvalue weighted by Gasteiger charge is -2.16. The minimum Gasteiger partial charge on any atom is -0.325 e. The molecular weight excluding hydrogens is 530 g/mol. The van der Waals surface area contributed by atoms with Crippen LogP contribution in [0.15, 0.2) is 114 Å². The third-order valence-corrected chi connectivity index (χ3v) is 7.73. The summed E-state index contributed by atoms with van der Waals surface area (Å²) in [6, 6.07) is 31.4. The van der Waals surface area contributed by atoms with Crippen LogP contribution in [0.3, 0.4) is 0 Å². The molecule has 0 aliphatic heterocycles. The summed E-state index contributed by atoms with van der Waals surface area (Å²) in [4.78, 5) is 40.2. The number of carbonyl (C=O) groups excluding carboxylic acids is 3. The monoisotopic (exact) mass is 563 g/mol. The van der Waals surface area contributed by atoms with Crippen LogP contribution in [0.1, 0.15) is 40.4 Å². The van der Waals surface area contributed by atoms with Gasteiger partial charge in [-0.2, -0.15) is 0 Å². The minimum absolute atomic E-state index is 0.0807. The lowest BCUT2D eigenvalue weighted by molar-refractivity contribution is -0.116. The molecule has 0 aliphatic carbocycles. The molecule has 4 rings (SSSR count). The Hall–Kier alpha value is -4.62. The Morgan fingerprint density at radius 3 is 2.20 bits per heavy atom.